The second kappa shape index (κ2) is 5.66. The summed E-state index contributed by atoms with van der Waals surface area (Å²) in [5.41, 5.74) is 8.36. The average Bonchev–Trinajstić information content (AvgIpc) is 2.96. The molecule has 106 valence electrons. The number of anilines is 1. The summed E-state index contributed by atoms with van der Waals surface area (Å²) in [7, 11) is 0. The van der Waals surface area contributed by atoms with Crippen LogP contribution in [0.15, 0.2) is 52.9 Å². The lowest BCUT2D eigenvalue weighted by Crippen LogP contribution is -1.95. The molecule has 1 aromatic heterocycles. The Labute approximate surface area is 122 Å². The summed E-state index contributed by atoms with van der Waals surface area (Å²) in [5.74, 6) is 1.66. The molecule has 0 aliphatic rings. The minimum Gasteiger partial charge on any atom is -0.484 e. The molecule has 5 nitrogen and oxygen atoms in total. The van der Waals surface area contributed by atoms with Gasteiger partial charge >= 0.3 is 0 Å². The molecule has 2 N–H and O–H groups in total. The van der Waals surface area contributed by atoms with Gasteiger partial charge in [-0.2, -0.15) is 0 Å². The van der Waals surface area contributed by atoms with Crippen molar-refractivity contribution < 1.29 is 9.15 Å². The van der Waals surface area contributed by atoms with E-state index in [1.54, 1.807) is 12.1 Å². The fourth-order valence-electron chi connectivity index (χ4n) is 1.83. The van der Waals surface area contributed by atoms with Crippen LogP contribution < -0.4 is 10.5 Å². The molecule has 0 aliphatic carbocycles. The SMILES string of the molecule is Cc1ccc(OCc2nnc(-c3ccc(N)cc3)o2)cc1. The molecule has 0 radical (unpaired) electrons. The van der Waals surface area contributed by atoms with Crippen LogP contribution in [0.3, 0.4) is 0 Å². The zero-order valence-electron chi connectivity index (χ0n) is 11.6. The van der Waals surface area contributed by atoms with E-state index in [1.165, 1.54) is 5.56 Å². The zero-order chi connectivity index (χ0) is 14.7. The molecule has 0 bridgehead atoms. The molecule has 2 aromatic carbocycles. The molecule has 5 heteroatoms. The van der Waals surface area contributed by atoms with E-state index in [9.17, 15) is 0 Å². The molecule has 0 aliphatic heterocycles. The van der Waals surface area contributed by atoms with E-state index in [1.807, 2.05) is 43.3 Å². The van der Waals surface area contributed by atoms with Crippen LogP contribution in [-0.4, -0.2) is 10.2 Å². The summed E-state index contributed by atoms with van der Waals surface area (Å²) >= 11 is 0. The number of rotatable bonds is 4. The third kappa shape index (κ3) is 3.20. The molecule has 1 heterocycles. The first kappa shape index (κ1) is 13.2. The standard InChI is InChI=1S/C16H15N3O2/c1-11-2-8-14(9-3-11)20-10-15-18-19-16(21-15)12-4-6-13(17)7-5-12/h2-9H,10,17H2,1H3. The van der Waals surface area contributed by atoms with Gasteiger partial charge in [0, 0.05) is 11.3 Å². The molecule has 0 spiro atoms. The van der Waals surface area contributed by atoms with Crippen LogP contribution in [0.4, 0.5) is 5.69 Å². The first-order valence-electron chi connectivity index (χ1n) is 6.58. The molecule has 0 saturated heterocycles. The first-order valence-corrected chi connectivity index (χ1v) is 6.58. The summed E-state index contributed by atoms with van der Waals surface area (Å²) in [6, 6.07) is 15.1. The van der Waals surface area contributed by atoms with Gasteiger partial charge in [0.1, 0.15) is 5.75 Å². The number of aryl methyl sites for hydroxylation is 1. The van der Waals surface area contributed by atoms with Gasteiger partial charge in [0.25, 0.3) is 5.89 Å². The Morgan fingerprint density at radius 2 is 1.71 bits per heavy atom. The van der Waals surface area contributed by atoms with Crippen LogP contribution in [0.25, 0.3) is 11.5 Å². The van der Waals surface area contributed by atoms with Gasteiger partial charge in [-0.1, -0.05) is 17.7 Å². The third-order valence-corrected chi connectivity index (χ3v) is 3.01. The van der Waals surface area contributed by atoms with Crippen molar-refractivity contribution in [1.82, 2.24) is 10.2 Å². The highest BCUT2D eigenvalue weighted by molar-refractivity contribution is 5.56. The first-order chi connectivity index (χ1) is 10.2. The molecule has 3 aromatic rings. The number of hydrogen-bond donors (Lipinski definition) is 1. The fourth-order valence-corrected chi connectivity index (χ4v) is 1.83. The highest BCUT2D eigenvalue weighted by Gasteiger charge is 2.08. The van der Waals surface area contributed by atoms with E-state index in [2.05, 4.69) is 10.2 Å². The number of nitrogens with zero attached hydrogens (tertiary/aromatic N) is 2. The lowest BCUT2D eigenvalue weighted by Gasteiger charge is -2.02. The van der Waals surface area contributed by atoms with E-state index in [4.69, 9.17) is 14.9 Å². The van der Waals surface area contributed by atoms with Gasteiger partial charge < -0.3 is 14.9 Å². The second-order valence-electron chi connectivity index (χ2n) is 4.72. The van der Waals surface area contributed by atoms with Gasteiger partial charge in [-0.3, -0.25) is 0 Å². The van der Waals surface area contributed by atoms with Crippen LogP contribution in [0.2, 0.25) is 0 Å². The second-order valence-corrected chi connectivity index (χ2v) is 4.72. The average molecular weight is 281 g/mol. The number of nitrogens with two attached hydrogens (primary N) is 1. The Morgan fingerprint density at radius 3 is 2.43 bits per heavy atom. The lowest BCUT2D eigenvalue weighted by molar-refractivity contribution is 0.264. The molecular weight excluding hydrogens is 266 g/mol. The van der Waals surface area contributed by atoms with Crippen molar-refractivity contribution in [2.75, 3.05) is 5.73 Å². The van der Waals surface area contributed by atoms with E-state index >= 15 is 0 Å². The normalized spacial score (nSPS) is 10.5. The van der Waals surface area contributed by atoms with Gasteiger partial charge in [0.15, 0.2) is 6.61 Å². The molecule has 0 fully saturated rings. The molecular formula is C16H15N3O2. The fraction of sp³-hybridized carbons (Fsp3) is 0.125. The molecule has 0 atom stereocenters. The summed E-state index contributed by atoms with van der Waals surface area (Å²) < 4.78 is 11.2. The summed E-state index contributed by atoms with van der Waals surface area (Å²) in [5, 5.41) is 7.98. The van der Waals surface area contributed by atoms with Crippen molar-refractivity contribution in [1.29, 1.82) is 0 Å². The van der Waals surface area contributed by atoms with Gasteiger partial charge in [0.05, 0.1) is 0 Å². The number of nitrogen functional groups attached to an aromatic ring is 1. The third-order valence-electron chi connectivity index (χ3n) is 3.01. The van der Waals surface area contributed by atoms with Crippen LogP contribution in [-0.2, 0) is 6.61 Å². The topological polar surface area (TPSA) is 74.2 Å². The van der Waals surface area contributed by atoms with Crippen molar-refractivity contribution in [3.8, 4) is 17.2 Å². The molecule has 0 saturated carbocycles. The van der Waals surface area contributed by atoms with E-state index < -0.39 is 0 Å². The summed E-state index contributed by atoms with van der Waals surface area (Å²) in [4.78, 5) is 0. The van der Waals surface area contributed by atoms with Crippen LogP contribution >= 0.6 is 0 Å². The smallest absolute Gasteiger partial charge is 0.254 e. The zero-order valence-corrected chi connectivity index (χ0v) is 11.6. The number of hydrogen-bond acceptors (Lipinski definition) is 5. The van der Waals surface area contributed by atoms with Gasteiger partial charge in [-0.05, 0) is 43.3 Å². The Morgan fingerprint density at radius 1 is 1.00 bits per heavy atom. The Balaban J connectivity index is 1.67. The van der Waals surface area contributed by atoms with Gasteiger partial charge in [0.2, 0.25) is 5.89 Å². The van der Waals surface area contributed by atoms with E-state index in [-0.39, 0.29) is 6.61 Å². The summed E-state index contributed by atoms with van der Waals surface area (Å²) in [6.45, 7) is 2.27. The van der Waals surface area contributed by atoms with Crippen molar-refractivity contribution >= 4 is 5.69 Å². The maximum absolute atomic E-state index is 5.65. The van der Waals surface area contributed by atoms with Crippen molar-refractivity contribution in [3.63, 3.8) is 0 Å². The van der Waals surface area contributed by atoms with Gasteiger partial charge in [-0.25, -0.2) is 0 Å². The molecule has 3 rings (SSSR count). The van der Waals surface area contributed by atoms with Crippen LogP contribution in [0.5, 0.6) is 5.75 Å². The predicted octanol–water partition coefficient (Wildman–Crippen LogP) is 3.21. The molecule has 0 unspecified atom stereocenters. The molecule has 0 amide bonds. The Hall–Kier alpha value is -2.82. The lowest BCUT2D eigenvalue weighted by atomic mass is 10.2. The highest BCUT2D eigenvalue weighted by Crippen LogP contribution is 2.20. The Bertz CT molecular complexity index is 718. The minimum atomic E-state index is 0.241. The van der Waals surface area contributed by atoms with Crippen molar-refractivity contribution in [3.05, 3.63) is 60.0 Å². The minimum absolute atomic E-state index is 0.241. The number of aromatic nitrogens is 2. The van der Waals surface area contributed by atoms with E-state index in [0.717, 1.165) is 11.3 Å². The van der Waals surface area contributed by atoms with Crippen molar-refractivity contribution in [2.24, 2.45) is 0 Å². The van der Waals surface area contributed by atoms with E-state index in [0.29, 0.717) is 17.5 Å². The quantitative estimate of drug-likeness (QED) is 0.743. The predicted molar refractivity (Wildman–Crippen MR) is 79.7 cm³/mol. The van der Waals surface area contributed by atoms with Crippen LogP contribution in [0, 0.1) is 6.92 Å². The maximum Gasteiger partial charge on any atom is 0.254 e. The van der Waals surface area contributed by atoms with Crippen LogP contribution in [0.1, 0.15) is 11.5 Å². The van der Waals surface area contributed by atoms with Gasteiger partial charge in [-0.15, -0.1) is 10.2 Å². The monoisotopic (exact) mass is 281 g/mol. The van der Waals surface area contributed by atoms with Crippen molar-refractivity contribution in [2.45, 2.75) is 13.5 Å². The number of ether oxygens (including phenoxy) is 1. The largest absolute Gasteiger partial charge is 0.484 e. The summed E-state index contributed by atoms with van der Waals surface area (Å²) in [6.07, 6.45) is 0. The number of benzene rings is 2. The maximum atomic E-state index is 5.65. The molecule has 21 heavy (non-hydrogen) atoms. The Kier molecular flexibility index (Phi) is 3.55. The highest BCUT2D eigenvalue weighted by atomic mass is 16.5.